The molecule has 0 unspecified atom stereocenters. The summed E-state index contributed by atoms with van der Waals surface area (Å²) in [4.78, 5) is 12.2. The van der Waals surface area contributed by atoms with Crippen LogP contribution in [0.25, 0.3) is 16.8 Å². The van der Waals surface area contributed by atoms with Gasteiger partial charge < -0.3 is 15.2 Å². The summed E-state index contributed by atoms with van der Waals surface area (Å²) >= 11 is 0. The van der Waals surface area contributed by atoms with Crippen LogP contribution in [0.3, 0.4) is 0 Å². The van der Waals surface area contributed by atoms with Gasteiger partial charge in [-0.3, -0.25) is 0 Å². The predicted octanol–water partition coefficient (Wildman–Crippen LogP) is 5.59. The molecule has 2 saturated carbocycles. The fraction of sp³-hybridized carbons (Fsp3) is 0.438. The summed E-state index contributed by atoms with van der Waals surface area (Å²) < 4.78 is 10.1. The number of carboxylic acids is 1. The maximum atomic E-state index is 12.2. The third-order valence-corrected chi connectivity index (χ3v) is 9.11. The van der Waals surface area contributed by atoms with Gasteiger partial charge in [0, 0.05) is 31.1 Å². The van der Waals surface area contributed by atoms with Crippen LogP contribution in [0.2, 0.25) is 0 Å². The van der Waals surface area contributed by atoms with Crippen LogP contribution in [-0.4, -0.2) is 55.0 Å². The predicted molar refractivity (Wildman–Crippen MR) is 155 cm³/mol. The van der Waals surface area contributed by atoms with Crippen molar-refractivity contribution in [3.63, 3.8) is 0 Å². The highest BCUT2D eigenvalue weighted by molar-refractivity contribution is 5.89. The third kappa shape index (κ3) is 5.14. The summed E-state index contributed by atoms with van der Waals surface area (Å²) in [6.07, 6.45) is 10.9. The largest absolute Gasteiger partial charge is 0.490 e. The average Bonchev–Trinajstić information content (AvgIpc) is 3.38. The molecule has 3 heterocycles. The minimum atomic E-state index is -0.964. The van der Waals surface area contributed by atoms with Crippen molar-refractivity contribution in [2.24, 2.45) is 5.92 Å². The number of ether oxygens (including phenoxy) is 1. The minimum Gasteiger partial charge on any atom is -0.490 e. The molecule has 41 heavy (non-hydrogen) atoms. The molecule has 1 aliphatic heterocycles. The number of hydrogen-bond acceptors (Lipinski definition) is 6. The van der Waals surface area contributed by atoms with E-state index in [1.54, 1.807) is 4.68 Å². The van der Waals surface area contributed by atoms with E-state index in [1.165, 1.54) is 38.3 Å². The summed E-state index contributed by atoms with van der Waals surface area (Å²) in [6.45, 7) is 3.99. The molecule has 0 spiro atoms. The molecule has 2 aliphatic carbocycles. The number of carbonyl (C=O) groups is 1. The van der Waals surface area contributed by atoms with Crippen LogP contribution in [0, 0.1) is 5.92 Å². The Morgan fingerprint density at radius 2 is 1.83 bits per heavy atom. The zero-order valence-electron chi connectivity index (χ0n) is 23.3. The molecule has 0 radical (unpaired) electrons. The number of nitrogens with zero attached hydrogens (tertiary/aromatic N) is 5. The Labute approximate surface area is 239 Å². The highest BCUT2D eigenvalue weighted by Gasteiger charge is 2.46. The number of aromatic nitrogens is 5. The molecule has 4 aromatic rings. The van der Waals surface area contributed by atoms with Crippen LogP contribution >= 0.6 is 0 Å². The molecule has 0 bridgehead atoms. The molecule has 1 saturated heterocycles. The van der Waals surface area contributed by atoms with Gasteiger partial charge in [0.1, 0.15) is 11.3 Å². The van der Waals surface area contributed by atoms with E-state index in [-0.39, 0.29) is 23.5 Å². The summed E-state index contributed by atoms with van der Waals surface area (Å²) in [6, 6.07) is 16.7. The molecule has 2 aromatic carbocycles. The van der Waals surface area contributed by atoms with Crippen LogP contribution in [0.5, 0.6) is 5.75 Å². The van der Waals surface area contributed by atoms with E-state index in [0.717, 1.165) is 53.5 Å². The van der Waals surface area contributed by atoms with Crippen LogP contribution in [-0.2, 0) is 0 Å². The first kappa shape index (κ1) is 26.0. The Bertz CT molecular complexity index is 1550. The molecule has 3 aliphatic rings. The minimum absolute atomic E-state index is 0.0231. The normalized spacial score (nSPS) is 21.8. The van der Waals surface area contributed by atoms with Crippen LogP contribution < -0.4 is 10.1 Å². The molecule has 7 rings (SSSR count). The first-order valence-corrected chi connectivity index (χ1v) is 14.9. The van der Waals surface area contributed by atoms with E-state index in [4.69, 9.17) is 4.74 Å². The Morgan fingerprint density at radius 1 is 1.05 bits per heavy atom. The fourth-order valence-corrected chi connectivity index (χ4v) is 6.49. The lowest BCUT2D eigenvalue weighted by molar-refractivity contribution is 0.0695. The zero-order chi connectivity index (χ0) is 27.9. The zero-order valence-corrected chi connectivity index (χ0v) is 23.3. The van der Waals surface area contributed by atoms with E-state index < -0.39 is 5.97 Å². The van der Waals surface area contributed by atoms with Crippen molar-refractivity contribution in [2.45, 2.75) is 69.4 Å². The van der Waals surface area contributed by atoms with Gasteiger partial charge in [0.25, 0.3) is 0 Å². The summed E-state index contributed by atoms with van der Waals surface area (Å²) in [7, 11) is 0. The van der Waals surface area contributed by atoms with Crippen LogP contribution in [0.15, 0.2) is 60.9 Å². The van der Waals surface area contributed by atoms with E-state index >= 15 is 0 Å². The van der Waals surface area contributed by atoms with Crippen molar-refractivity contribution >= 4 is 5.97 Å². The first-order valence-electron chi connectivity index (χ1n) is 14.9. The molecule has 3 atom stereocenters. The van der Waals surface area contributed by atoms with Gasteiger partial charge in [-0.1, -0.05) is 48.7 Å². The van der Waals surface area contributed by atoms with E-state index in [0.29, 0.717) is 12.0 Å². The van der Waals surface area contributed by atoms with E-state index in [9.17, 15) is 9.90 Å². The molecule has 9 heteroatoms. The Hall–Kier alpha value is -3.98. The summed E-state index contributed by atoms with van der Waals surface area (Å²) in [5, 5.41) is 26.6. The number of hydrogen-bond donors (Lipinski definition) is 2. The molecular formula is C32H36N6O3. The van der Waals surface area contributed by atoms with Gasteiger partial charge in [0.05, 0.1) is 35.4 Å². The maximum absolute atomic E-state index is 12.2. The quantitative estimate of drug-likeness (QED) is 0.279. The molecule has 0 amide bonds. The number of rotatable bonds is 9. The van der Waals surface area contributed by atoms with Gasteiger partial charge >= 0.3 is 5.97 Å². The highest BCUT2D eigenvalue weighted by atomic mass is 16.5. The SMILES string of the molecule is C[C@H](Oc1cccc(-c2cccc(-n3ncc(C(=O)O)c3[C@@H]3C[C@H]3c3cn(C4CNC4)nn3)c2)c1)C1CCCCC1. The van der Waals surface area contributed by atoms with Crippen molar-refractivity contribution in [3.8, 4) is 22.6 Å². The first-order chi connectivity index (χ1) is 20.0. The van der Waals surface area contributed by atoms with Gasteiger partial charge in [-0.15, -0.1) is 5.10 Å². The smallest absolute Gasteiger partial charge is 0.339 e. The van der Waals surface area contributed by atoms with Gasteiger partial charge in [-0.05, 0) is 67.5 Å². The highest BCUT2D eigenvalue weighted by Crippen LogP contribution is 2.55. The van der Waals surface area contributed by atoms with Crippen molar-refractivity contribution in [1.29, 1.82) is 0 Å². The Morgan fingerprint density at radius 3 is 2.59 bits per heavy atom. The standard InChI is InChI=1S/C32H36N6O3/c1-20(21-7-3-2-4-8-21)41-26-12-6-10-23(14-26)22-9-5-11-24(13-22)38-31(29(18-34-38)32(39)40)28-15-27(28)30-19-37(36-35-30)25-16-33-17-25/h5-6,9-14,18-21,25,27-28,33H,2-4,7-8,15-17H2,1H3,(H,39,40)/t20-,27+,28+/m0/s1. The average molecular weight is 553 g/mol. The number of carboxylic acid groups (broad SMARTS) is 1. The van der Waals surface area contributed by atoms with Crippen molar-refractivity contribution in [3.05, 3.63) is 77.9 Å². The molecule has 212 valence electrons. The maximum Gasteiger partial charge on any atom is 0.339 e. The second kappa shape index (κ2) is 10.8. The fourth-order valence-electron chi connectivity index (χ4n) is 6.49. The molecule has 2 N–H and O–H groups in total. The van der Waals surface area contributed by atoms with Gasteiger partial charge in [0.15, 0.2) is 0 Å². The lowest BCUT2D eigenvalue weighted by atomic mass is 9.86. The summed E-state index contributed by atoms with van der Waals surface area (Å²) in [5.74, 6) is 0.687. The lowest BCUT2D eigenvalue weighted by Crippen LogP contribution is -2.43. The van der Waals surface area contributed by atoms with Gasteiger partial charge in [0.2, 0.25) is 0 Å². The van der Waals surface area contributed by atoms with Crippen molar-refractivity contribution in [2.75, 3.05) is 13.1 Å². The molecule has 2 aromatic heterocycles. The monoisotopic (exact) mass is 552 g/mol. The van der Waals surface area contributed by atoms with Crippen LogP contribution in [0.1, 0.15) is 85.1 Å². The lowest BCUT2D eigenvalue weighted by Gasteiger charge is -2.28. The van der Waals surface area contributed by atoms with Gasteiger partial charge in [-0.2, -0.15) is 5.10 Å². The Kier molecular flexibility index (Phi) is 6.82. The second-order valence-corrected chi connectivity index (χ2v) is 11.8. The summed E-state index contributed by atoms with van der Waals surface area (Å²) in [5.41, 5.74) is 4.80. The van der Waals surface area contributed by atoms with Crippen LogP contribution in [0.4, 0.5) is 0 Å². The molecular weight excluding hydrogens is 516 g/mol. The topological polar surface area (TPSA) is 107 Å². The van der Waals surface area contributed by atoms with Crippen molar-refractivity contribution in [1.82, 2.24) is 30.1 Å². The Balaban J connectivity index is 1.14. The molecule has 9 nitrogen and oxygen atoms in total. The third-order valence-electron chi connectivity index (χ3n) is 9.11. The number of benzene rings is 2. The number of nitrogens with one attached hydrogen (secondary N) is 1. The van der Waals surface area contributed by atoms with E-state index in [2.05, 4.69) is 51.9 Å². The van der Waals surface area contributed by atoms with E-state index in [1.807, 2.05) is 35.1 Å². The van der Waals surface area contributed by atoms with Gasteiger partial charge in [-0.25, -0.2) is 14.2 Å². The second-order valence-electron chi connectivity index (χ2n) is 11.8. The van der Waals surface area contributed by atoms with Crippen molar-refractivity contribution < 1.29 is 14.6 Å². The number of aromatic carboxylic acids is 1. The molecule has 3 fully saturated rings.